The Morgan fingerprint density at radius 2 is 1.84 bits per heavy atom. The smallest absolute Gasteiger partial charge is 0.228 e. The van der Waals surface area contributed by atoms with E-state index in [0.29, 0.717) is 11.8 Å². The highest BCUT2D eigenvalue weighted by molar-refractivity contribution is 5.97. The fourth-order valence-electron chi connectivity index (χ4n) is 4.10. The molecule has 2 aliphatic rings. The van der Waals surface area contributed by atoms with Crippen LogP contribution < -0.4 is 10.6 Å². The van der Waals surface area contributed by atoms with Gasteiger partial charge in [-0.3, -0.25) is 4.79 Å². The monoisotopic (exact) mass is 335 g/mol. The first-order valence-corrected chi connectivity index (χ1v) is 8.59. The molecule has 2 heterocycles. The number of benzene rings is 2. The van der Waals surface area contributed by atoms with Crippen LogP contribution in [0.2, 0.25) is 0 Å². The summed E-state index contributed by atoms with van der Waals surface area (Å²) in [5, 5.41) is 7.31. The van der Waals surface area contributed by atoms with E-state index in [2.05, 4.69) is 15.6 Å². The number of amides is 1. The second-order valence-electron chi connectivity index (χ2n) is 6.97. The van der Waals surface area contributed by atoms with Crippen molar-refractivity contribution in [3.63, 3.8) is 0 Å². The summed E-state index contributed by atoms with van der Waals surface area (Å²) >= 11 is 0. The summed E-state index contributed by atoms with van der Waals surface area (Å²) in [7, 11) is 0. The van der Waals surface area contributed by atoms with Gasteiger partial charge in [0, 0.05) is 34.3 Å². The molecule has 1 amide bonds. The molecule has 126 valence electrons. The predicted octanol–water partition coefficient (Wildman–Crippen LogP) is 3.38. The number of nitrogens with one attached hydrogen (secondary N) is 3. The van der Waals surface area contributed by atoms with E-state index in [1.54, 1.807) is 6.07 Å². The molecule has 1 saturated carbocycles. The summed E-state index contributed by atoms with van der Waals surface area (Å²) in [5.74, 6) is 1.09. The van der Waals surface area contributed by atoms with Gasteiger partial charge in [0.1, 0.15) is 5.82 Å². The zero-order chi connectivity index (χ0) is 17.0. The van der Waals surface area contributed by atoms with Gasteiger partial charge in [-0.15, -0.1) is 0 Å². The molecule has 25 heavy (non-hydrogen) atoms. The molecule has 2 unspecified atom stereocenters. The summed E-state index contributed by atoms with van der Waals surface area (Å²) in [4.78, 5) is 15.4. The molecule has 5 rings (SSSR count). The van der Waals surface area contributed by atoms with Crippen molar-refractivity contribution in [3.8, 4) is 11.1 Å². The van der Waals surface area contributed by atoms with Crippen LogP contribution in [0.3, 0.4) is 0 Å². The van der Waals surface area contributed by atoms with E-state index in [9.17, 15) is 9.18 Å². The van der Waals surface area contributed by atoms with Gasteiger partial charge in [0.05, 0.1) is 0 Å². The highest BCUT2D eigenvalue weighted by Crippen LogP contribution is 2.49. The first-order valence-electron chi connectivity index (χ1n) is 8.59. The highest BCUT2D eigenvalue weighted by atomic mass is 19.1. The van der Waals surface area contributed by atoms with Gasteiger partial charge in [-0.05, 0) is 60.8 Å². The van der Waals surface area contributed by atoms with Gasteiger partial charge < -0.3 is 15.6 Å². The van der Waals surface area contributed by atoms with Crippen LogP contribution in [0, 0.1) is 23.6 Å². The van der Waals surface area contributed by atoms with Gasteiger partial charge in [0.15, 0.2) is 0 Å². The summed E-state index contributed by atoms with van der Waals surface area (Å²) in [5.41, 5.74) is 3.65. The zero-order valence-electron chi connectivity index (χ0n) is 13.6. The zero-order valence-corrected chi connectivity index (χ0v) is 13.6. The van der Waals surface area contributed by atoms with E-state index < -0.39 is 0 Å². The van der Waals surface area contributed by atoms with Gasteiger partial charge >= 0.3 is 0 Å². The second-order valence-corrected chi connectivity index (χ2v) is 6.97. The number of fused-ring (bicyclic) bond motifs is 2. The second kappa shape index (κ2) is 5.43. The van der Waals surface area contributed by atoms with Crippen LogP contribution in [0.5, 0.6) is 0 Å². The molecule has 4 nitrogen and oxygen atoms in total. The van der Waals surface area contributed by atoms with Crippen molar-refractivity contribution < 1.29 is 9.18 Å². The van der Waals surface area contributed by atoms with E-state index in [4.69, 9.17) is 0 Å². The number of carbonyl (C=O) groups is 1. The third-order valence-corrected chi connectivity index (χ3v) is 5.50. The van der Waals surface area contributed by atoms with Crippen molar-refractivity contribution in [1.82, 2.24) is 10.3 Å². The van der Waals surface area contributed by atoms with Crippen molar-refractivity contribution in [1.29, 1.82) is 0 Å². The summed E-state index contributed by atoms with van der Waals surface area (Å²) < 4.78 is 13.3. The molecule has 2 atom stereocenters. The number of hydrogen-bond donors (Lipinski definition) is 3. The maximum absolute atomic E-state index is 13.3. The fraction of sp³-hybridized carbons (Fsp3) is 0.250. The molecule has 3 aromatic rings. The maximum atomic E-state index is 13.3. The molecule has 2 fully saturated rings. The van der Waals surface area contributed by atoms with Crippen LogP contribution in [-0.4, -0.2) is 24.0 Å². The van der Waals surface area contributed by atoms with Crippen LogP contribution in [0.1, 0.15) is 0 Å². The summed E-state index contributed by atoms with van der Waals surface area (Å²) in [6.07, 6.45) is 1.89. The molecule has 0 bridgehead atoms. The average molecular weight is 335 g/mol. The van der Waals surface area contributed by atoms with Crippen LogP contribution >= 0.6 is 0 Å². The molecule has 1 aliphatic carbocycles. The van der Waals surface area contributed by atoms with E-state index in [-0.39, 0.29) is 17.6 Å². The number of anilines is 1. The SMILES string of the molecule is O=C(Nc1ccc(-c2c[nH]c3cc(F)ccc23)cc1)C1C2CNCC21. The van der Waals surface area contributed by atoms with Gasteiger partial charge in [-0.25, -0.2) is 4.39 Å². The molecule has 3 N–H and O–H groups in total. The Morgan fingerprint density at radius 1 is 1.08 bits per heavy atom. The first kappa shape index (κ1) is 14.7. The first-order chi connectivity index (χ1) is 12.2. The lowest BCUT2D eigenvalue weighted by atomic mass is 10.0. The Kier molecular flexibility index (Phi) is 3.18. The number of H-pyrrole nitrogens is 1. The third kappa shape index (κ3) is 2.43. The van der Waals surface area contributed by atoms with Crippen LogP contribution in [0.15, 0.2) is 48.7 Å². The molecule has 2 aromatic carbocycles. The van der Waals surface area contributed by atoms with Crippen molar-refractivity contribution >= 4 is 22.5 Å². The lowest BCUT2D eigenvalue weighted by Gasteiger charge is -2.08. The van der Waals surface area contributed by atoms with E-state index in [0.717, 1.165) is 40.8 Å². The molecule has 1 aliphatic heterocycles. The highest BCUT2D eigenvalue weighted by Gasteiger charge is 2.56. The Labute approximate surface area is 144 Å². The van der Waals surface area contributed by atoms with Gasteiger partial charge in [-0.2, -0.15) is 0 Å². The number of halogens is 1. The molecule has 0 radical (unpaired) electrons. The van der Waals surface area contributed by atoms with Crippen LogP contribution in [0.25, 0.3) is 22.0 Å². The molecular weight excluding hydrogens is 317 g/mol. The number of rotatable bonds is 3. The van der Waals surface area contributed by atoms with Gasteiger partial charge in [0.25, 0.3) is 0 Å². The minimum atomic E-state index is -0.251. The fourth-order valence-corrected chi connectivity index (χ4v) is 4.10. The summed E-state index contributed by atoms with van der Waals surface area (Å²) in [6.45, 7) is 1.92. The third-order valence-electron chi connectivity index (χ3n) is 5.50. The van der Waals surface area contributed by atoms with E-state index in [1.165, 1.54) is 12.1 Å². The van der Waals surface area contributed by atoms with Crippen molar-refractivity contribution in [2.75, 3.05) is 18.4 Å². The van der Waals surface area contributed by atoms with Crippen LogP contribution in [-0.2, 0) is 4.79 Å². The number of carbonyl (C=O) groups excluding carboxylic acids is 1. The van der Waals surface area contributed by atoms with Crippen molar-refractivity contribution in [2.45, 2.75) is 0 Å². The number of aromatic nitrogens is 1. The average Bonchev–Trinajstić information content (AvgIpc) is 2.96. The summed E-state index contributed by atoms with van der Waals surface area (Å²) in [6, 6.07) is 12.6. The molecular formula is C20H18FN3O. The van der Waals surface area contributed by atoms with E-state index in [1.807, 2.05) is 30.5 Å². The minimum absolute atomic E-state index is 0.131. The Balaban J connectivity index is 1.35. The number of hydrogen-bond acceptors (Lipinski definition) is 2. The molecule has 1 saturated heterocycles. The molecule has 0 spiro atoms. The van der Waals surface area contributed by atoms with Gasteiger partial charge in [-0.1, -0.05) is 12.1 Å². The predicted molar refractivity (Wildman–Crippen MR) is 95.7 cm³/mol. The molecule has 1 aromatic heterocycles. The quantitative estimate of drug-likeness (QED) is 0.687. The van der Waals surface area contributed by atoms with Gasteiger partial charge in [0.2, 0.25) is 5.91 Å². The van der Waals surface area contributed by atoms with Crippen LogP contribution in [0.4, 0.5) is 10.1 Å². The largest absolute Gasteiger partial charge is 0.360 e. The Morgan fingerprint density at radius 3 is 2.60 bits per heavy atom. The normalized spacial score (nSPS) is 24.3. The topological polar surface area (TPSA) is 56.9 Å². The lowest BCUT2D eigenvalue weighted by Crippen LogP contribution is -2.23. The maximum Gasteiger partial charge on any atom is 0.228 e. The standard InChI is InChI=1S/C20H18FN3O/c21-12-3-6-14-15(10-23-18(14)7-12)11-1-4-13(5-2-11)24-20(25)19-16-8-22-9-17(16)19/h1-7,10,16-17,19,22-23H,8-9H2,(H,24,25). The molecule has 5 heteroatoms. The number of piperidine rings is 1. The minimum Gasteiger partial charge on any atom is -0.360 e. The van der Waals surface area contributed by atoms with E-state index >= 15 is 0 Å². The number of aromatic amines is 1. The Hall–Kier alpha value is -2.66. The van der Waals surface area contributed by atoms with Crippen molar-refractivity contribution in [2.24, 2.45) is 17.8 Å². The lowest BCUT2D eigenvalue weighted by molar-refractivity contribution is -0.118. The van der Waals surface area contributed by atoms with Crippen molar-refractivity contribution in [3.05, 3.63) is 54.5 Å². The Bertz CT molecular complexity index is 953.